The van der Waals surface area contributed by atoms with E-state index in [0.29, 0.717) is 5.15 Å². The first-order valence-corrected chi connectivity index (χ1v) is 6.51. The second-order valence-electron chi connectivity index (χ2n) is 3.45. The van der Waals surface area contributed by atoms with Gasteiger partial charge in [-0.15, -0.1) is 11.8 Å². The molecule has 1 aromatic carbocycles. The standard InChI is InChI=1S/C13H12ClNOS/c1-16-11-2-4-12(5-3-11)17-9-10-6-7-15-13(14)8-10/h2-8H,9H2,1H3. The molecule has 0 aliphatic heterocycles. The van der Waals surface area contributed by atoms with E-state index in [2.05, 4.69) is 4.98 Å². The molecule has 0 atom stereocenters. The van der Waals surface area contributed by atoms with Gasteiger partial charge in [0.1, 0.15) is 10.9 Å². The van der Waals surface area contributed by atoms with Crippen molar-refractivity contribution in [3.05, 3.63) is 53.3 Å². The maximum Gasteiger partial charge on any atom is 0.129 e. The summed E-state index contributed by atoms with van der Waals surface area (Å²) < 4.78 is 5.11. The summed E-state index contributed by atoms with van der Waals surface area (Å²) in [6.45, 7) is 0. The molecule has 2 rings (SSSR count). The molecule has 0 aliphatic rings. The van der Waals surface area contributed by atoms with Crippen LogP contribution in [0.4, 0.5) is 0 Å². The minimum atomic E-state index is 0.540. The van der Waals surface area contributed by atoms with Gasteiger partial charge in [-0.05, 0) is 42.0 Å². The Morgan fingerprint density at radius 2 is 2.00 bits per heavy atom. The third-order valence-corrected chi connectivity index (χ3v) is 3.55. The highest BCUT2D eigenvalue weighted by Gasteiger charge is 1.98. The first-order valence-electron chi connectivity index (χ1n) is 5.15. The number of nitrogens with zero attached hydrogens (tertiary/aromatic N) is 1. The lowest BCUT2D eigenvalue weighted by atomic mass is 10.3. The van der Waals surface area contributed by atoms with E-state index in [9.17, 15) is 0 Å². The van der Waals surface area contributed by atoms with Gasteiger partial charge < -0.3 is 4.74 Å². The highest BCUT2D eigenvalue weighted by molar-refractivity contribution is 7.98. The lowest BCUT2D eigenvalue weighted by molar-refractivity contribution is 0.414. The summed E-state index contributed by atoms with van der Waals surface area (Å²) in [5.74, 6) is 1.76. The molecule has 0 amide bonds. The van der Waals surface area contributed by atoms with Crippen LogP contribution in [-0.2, 0) is 5.75 Å². The number of hydrogen-bond acceptors (Lipinski definition) is 3. The monoisotopic (exact) mass is 265 g/mol. The lowest BCUT2D eigenvalue weighted by Crippen LogP contribution is -1.84. The average Bonchev–Trinajstić information content (AvgIpc) is 2.37. The molecule has 2 aromatic rings. The molecule has 0 aliphatic carbocycles. The van der Waals surface area contributed by atoms with E-state index in [4.69, 9.17) is 16.3 Å². The average molecular weight is 266 g/mol. The van der Waals surface area contributed by atoms with Crippen molar-refractivity contribution >= 4 is 23.4 Å². The van der Waals surface area contributed by atoms with Crippen molar-refractivity contribution in [1.82, 2.24) is 4.98 Å². The molecule has 0 N–H and O–H groups in total. The maximum absolute atomic E-state index is 5.83. The van der Waals surface area contributed by atoms with Crippen LogP contribution in [0.15, 0.2) is 47.5 Å². The van der Waals surface area contributed by atoms with Crippen molar-refractivity contribution in [1.29, 1.82) is 0 Å². The van der Waals surface area contributed by atoms with Gasteiger partial charge >= 0.3 is 0 Å². The van der Waals surface area contributed by atoms with Crippen molar-refractivity contribution in [3.63, 3.8) is 0 Å². The zero-order valence-electron chi connectivity index (χ0n) is 9.39. The maximum atomic E-state index is 5.83. The number of thioether (sulfide) groups is 1. The SMILES string of the molecule is COc1ccc(SCc2ccnc(Cl)c2)cc1. The van der Waals surface area contributed by atoms with Crippen LogP contribution in [0.25, 0.3) is 0 Å². The predicted octanol–water partition coefficient (Wildman–Crippen LogP) is 4.04. The Kier molecular flexibility index (Phi) is 4.29. The van der Waals surface area contributed by atoms with Crippen molar-refractivity contribution in [2.75, 3.05) is 7.11 Å². The van der Waals surface area contributed by atoms with Gasteiger partial charge in [-0.1, -0.05) is 11.6 Å². The molecule has 1 heterocycles. The lowest BCUT2D eigenvalue weighted by Gasteiger charge is -2.03. The van der Waals surface area contributed by atoms with E-state index >= 15 is 0 Å². The fourth-order valence-corrected chi connectivity index (χ4v) is 2.41. The Morgan fingerprint density at radius 1 is 1.24 bits per heavy atom. The third kappa shape index (κ3) is 3.65. The van der Waals surface area contributed by atoms with Gasteiger partial charge in [-0.25, -0.2) is 4.98 Å². The highest BCUT2D eigenvalue weighted by Crippen LogP contribution is 2.25. The van der Waals surface area contributed by atoms with E-state index in [1.165, 1.54) is 10.5 Å². The van der Waals surface area contributed by atoms with Crippen molar-refractivity contribution in [3.8, 4) is 5.75 Å². The van der Waals surface area contributed by atoms with E-state index in [-0.39, 0.29) is 0 Å². The van der Waals surface area contributed by atoms with Crippen LogP contribution in [0.3, 0.4) is 0 Å². The molecule has 0 saturated carbocycles. The topological polar surface area (TPSA) is 22.1 Å². The van der Waals surface area contributed by atoms with Crippen LogP contribution in [0, 0.1) is 0 Å². The molecule has 0 radical (unpaired) electrons. The molecule has 1 aromatic heterocycles. The number of benzene rings is 1. The molecule has 0 unspecified atom stereocenters. The summed E-state index contributed by atoms with van der Waals surface area (Å²) in [5.41, 5.74) is 1.17. The number of rotatable bonds is 4. The van der Waals surface area contributed by atoms with Crippen LogP contribution in [0.1, 0.15) is 5.56 Å². The third-order valence-electron chi connectivity index (χ3n) is 2.26. The van der Waals surface area contributed by atoms with Crippen LogP contribution < -0.4 is 4.74 Å². The first-order chi connectivity index (χ1) is 8.28. The Balaban J connectivity index is 1.97. The first kappa shape index (κ1) is 12.3. The molecule has 2 nitrogen and oxygen atoms in total. The Hall–Kier alpha value is -1.19. The Bertz CT molecular complexity index is 487. The number of aromatic nitrogens is 1. The number of methoxy groups -OCH3 is 1. The summed E-state index contributed by atoms with van der Waals surface area (Å²) in [4.78, 5) is 5.16. The van der Waals surface area contributed by atoms with Crippen LogP contribution in [-0.4, -0.2) is 12.1 Å². The van der Waals surface area contributed by atoms with E-state index < -0.39 is 0 Å². The van der Waals surface area contributed by atoms with Crippen LogP contribution in [0.2, 0.25) is 5.15 Å². The van der Waals surface area contributed by atoms with Gasteiger partial charge in [0.05, 0.1) is 7.11 Å². The molecule has 0 saturated heterocycles. The molecular formula is C13H12ClNOS. The van der Waals surface area contributed by atoms with Crippen LogP contribution >= 0.6 is 23.4 Å². The smallest absolute Gasteiger partial charge is 0.129 e. The molecule has 0 bridgehead atoms. The van der Waals surface area contributed by atoms with E-state index in [1.54, 1.807) is 25.1 Å². The minimum Gasteiger partial charge on any atom is -0.497 e. The zero-order chi connectivity index (χ0) is 12.1. The molecule has 88 valence electrons. The van der Waals surface area contributed by atoms with Crippen molar-refractivity contribution < 1.29 is 4.74 Å². The molecule has 0 fully saturated rings. The minimum absolute atomic E-state index is 0.540. The van der Waals surface area contributed by atoms with E-state index in [0.717, 1.165) is 11.5 Å². The normalized spacial score (nSPS) is 10.2. The largest absolute Gasteiger partial charge is 0.497 e. The number of hydrogen-bond donors (Lipinski definition) is 0. The number of pyridine rings is 1. The van der Waals surface area contributed by atoms with Gasteiger partial charge in [0.15, 0.2) is 0 Å². The summed E-state index contributed by atoms with van der Waals surface area (Å²) in [7, 11) is 1.67. The Morgan fingerprint density at radius 3 is 2.65 bits per heavy atom. The summed E-state index contributed by atoms with van der Waals surface area (Å²) in [6, 6.07) is 11.9. The van der Waals surface area contributed by atoms with Gasteiger partial charge in [-0.2, -0.15) is 0 Å². The molecule has 4 heteroatoms. The van der Waals surface area contributed by atoms with Gasteiger partial charge in [0.25, 0.3) is 0 Å². The summed E-state index contributed by atoms with van der Waals surface area (Å²) >= 11 is 7.59. The Labute approximate surface area is 110 Å². The number of halogens is 1. The molecular weight excluding hydrogens is 254 g/mol. The fourth-order valence-electron chi connectivity index (χ4n) is 1.37. The van der Waals surface area contributed by atoms with Crippen LogP contribution in [0.5, 0.6) is 5.75 Å². The van der Waals surface area contributed by atoms with Crippen molar-refractivity contribution in [2.24, 2.45) is 0 Å². The second kappa shape index (κ2) is 5.94. The zero-order valence-corrected chi connectivity index (χ0v) is 11.0. The second-order valence-corrected chi connectivity index (χ2v) is 4.89. The summed E-state index contributed by atoms with van der Waals surface area (Å²) in [6.07, 6.45) is 1.73. The van der Waals surface area contributed by atoms with Crippen molar-refractivity contribution in [2.45, 2.75) is 10.6 Å². The van der Waals surface area contributed by atoms with E-state index in [1.807, 2.05) is 36.4 Å². The molecule has 0 spiro atoms. The van der Waals surface area contributed by atoms with Gasteiger partial charge in [-0.3, -0.25) is 0 Å². The number of ether oxygens (including phenoxy) is 1. The quantitative estimate of drug-likeness (QED) is 0.615. The fraction of sp³-hybridized carbons (Fsp3) is 0.154. The predicted molar refractivity (Wildman–Crippen MR) is 71.8 cm³/mol. The van der Waals surface area contributed by atoms with Gasteiger partial charge in [0, 0.05) is 16.8 Å². The van der Waals surface area contributed by atoms with Gasteiger partial charge in [0.2, 0.25) is 0 Å². The highest BCUT2D eigenvalue weighted by atomic mass is 35.5. The summed E-state index contributed by atoms with van der Waals surface area (Å²) in [5, 5.41) is 0.540. The molecule has 17 heavy (non-hydrogen) atoms.